The summed E-state index contributed by atoms with van der Waals surface area (Å²) >= 11 is 0. The molecule has 3 unspecified atom stereocenters. The lowest BCUT2D eigenvalue weighted by Gasteiger charge is -2.33. The van der Waals surface area contributed by atoms with E-state index in [1.807, 2.05) is 43.3 Å². The van der Waals surface area contributed by atoms with Crippen molar-refractivity contribution in [1.82, 2.24) is 0 Å². The van der Waals surface area contributed by atoms with Crippen molar-refractivity contribution in [3.63, 3.8) is 0 Å². The Bertz CT molecular complexity index is 1200. The Morgan fingerprint density at radius 3 is 2.35 bits per heavy atom. The molecule has 5 nitrogen and oxygen atoms in total. The van der Waals surface area contributed by atoms with Crippen molar-refractivity contribution in [2.75, 3.05) is 21.3 Å². The molecule has 196 valence electrons. The highest BCUT2D eigenvalue weighted by Gasteiger charge is 2.32. The largest absolute Gasteiger partial charge is 0.497 e. The van der Waals surface area contributed by atoms with Crippen molar-refractivity contribution in [2.24, 2.45) is 5.92 Å². The average Bonchev–Trinajstić information content (AvgIpc) is 3.82. The van der Waals surface area contributed by atoms with Crippen LogP contribution in [0.3, 0.4) is 0 Å². The normalized spacial score (nSPS) is 18.4. The van der Waals surface area contributed by atoms with E-state index in [0.717, 1.165) is 34.4 Å². The van der Waals surface area contributed by atoms with Crippen LogP contribution < -0.4 is 9.47 Å². The van der Waals surface area contributed by atoms with Gasteiger partial charge >= 0.3 is 5.97 Å². The van der Waals surface area contributed by atoms with Gasteiger partial charge in [0.15, 0.2) is 0 Å². The van der Waals surface area contributed by atoms with Crippen LogP contribution in [0.2, 0.25) is 0 Å². The number of rotatable bonds is 7. The summed E-state index contributed by atoms with van der Waals surface area (Å²) in [7, 11) is 4.60. The molecule has 0 saturated heterocycles. The van der Waals surface area contributed by atoms with Crippen LogP contribution in [0.1, 0.15) is 48.8 Å². The summed E-state index contributed by atoms with van der Waals surface area (Å²) in [6, 6.07) is 18.5. The summed E-state index contributed by atoms with van der Waals surface area (Å²) in [5.74, 6) is 0.614. The summed E-state index contributed by atoms with van der Waals surface area (Å²) in [5.41, 5.74) is 4.42. The van der Waals surface area contributed by atoms with Gasteiger partial charge in [0, 0.05) is 12.7 Å². The van der Waals surface area contributed by atoms with Crippen LogP contribution in [0.5, 0.6) is 11.5 Å². The Kier molecular flexibility index (Phi) is 8.82. The standard InChI is InChI=1S/C28H29FO5.C3H6/c1-17(27(30)32-3)13-18-5-12-26-21(14-18)15-24(28(33-4)34-26)20-8-6-19(7-9-20)23-16-22(31-2)10-11-25(23)29;1-2-3-1/h5-12,14,16-17,24,28H,13,15H2,1-4H3;1-3H2. The third kappa shape index (κ3) is 6.69. The lowest BCUT2D eigenvalue weighted by molar-refractivity contribution is -0.144. The first-order valence-electron chi connectivity index (χ1n) is 12.8. The molecule has 1 aliphatic heterocycles. The molecule has 0 amide bonds. The minimum atomic E-state index is -0.438. The number of carbonyl (C=O) groups is 1. The molecule has 1 aliphatic carbocycles. The van der Waals surface area contributed by atoms with Gasteiger partial charge in [-0.25, -0.2) is 4.39 Å². The molecule has 1 fully saturated rings. The summed E-state index contributed by atoms with van der Waals surface area (Å²) in [6.07, 6.45) is 5.38. The van der Waals surface area contributed by atoms with Crippen LogP contribution in [-0.4, -0.2) is 33.6 Å². The zero-order valence-electron chi connectivity index (χ0n) is 22.0. The van der Waals surface area contributed by atoms with Gasteiger partial charge in [0.05, 0.1) is 26.1 Å². The van der Waals surface area contributed by atoms with Crippen molar-refractivity contribution >= 4 is 5.97 Å². The molecule has 5 rings (SSSR count). The molecule has 3 atom stereocenters. The van der Waals surface area contributed by atoms with E-state index in [1.165, 1.54) is 32.4 Å². The predicted molar refractivity (Wildman–Crippen MR) is 141 cm³/mol. The third-order valence-electron chi connectivity index (χ3n) is 6.69. The number of methoxy groups -OCH3 is 3. The molecule has 6 heteroatoms. The van der Waals surface area contributed by atoms with E-state index in [1.54, 1.807) is 26.4 Å². The zero-order valence-corrected chi connectivity index (χ0v) is 22.0. The fourth-order valence-electron chi connectivity index (χ4n) is 4.46. The van der Waals surface area contributed by atoms with Gasteiger partial charge in [-0.1, -0.05) is 62.6 Å². The van der Waals surface area contributed by atoms with Crippen LogP contribution in [0.25, 0.3) is 11.1 Å². The highest BCUT2D eigenvalue weighted by molar-refractivity contribution is 5.72. The molecule has 3 aromatic rings. The number of hydrogen-bond donors (Lipinski definition) is 0. The highest BCUT2D eigenvalue weighted by atomic mass is 19.1. The molecule has 1 heterocycles. The molecule has 0 radical (unpaired) electrons. The maximum absolute atomic E-state index is 14.4. The molecule has 3 aromatic carbocycles. The number of ether oxygens (including phenoxy) is 4. The van der Waals surface area contributed by atoms with Gasteiger partial charge in [-0.2, -0.15) is 0 Å². The van der Waals surface area contributed by atoms with E-state index in [-0.39, 0.29) is 23.6 Å². The smallest absolute Gasteiger partial charge is 0.308 e. The molecular weight excluding hydrogens is 471 g/mol. The maximum Gasteiger partial charge on any atom is 0.308 e. The number of carbonyl (C=O) groups excluding carboxylic acids is 1. The second kappa shape index (κ2) is 12.2. The number of hydrogen-bond acceptors (Lipinski definition) is 5. The number of halogens is 1. The van der Waals surface area contributed by atoms with Crippen LogP contribution in [0, 0.1) is 11.7 Å². The number of esters is 1. The average molecular weight is 507 g/mol. The minimum Gasteiger partial charge on any atom is -0.497 e. The fraction of sp³-hybridized carbons (Fsp3) is 0.387. The van der Waals surface area contributed by atoms with E-state index in [9.17, 15) is 9.18 Å². The first-order valence-corrected chi connectivity index (χ1v) is 12.8. The summed E-state index contributed by atoms with van der Waals surface area (Å²) < 4.78 is 36.3. The molecular formula is C31H35FO5. The first-order chi connectivity index (χ1) is 17.9. The topological polar surface area (TPSA) is 54.0 Å². The zero-order chi connectivity index (χ0) is 26.4. The van der Waals surface area contributed by atoms with Gasteiger partial charge in [-0.15, -0.1) is 0 Å². The molecule has 0 N–H and O–H groups in total. The second-order valence-electron chi connectivity index (χ2n) is 9.63. The van der Waals surface area contributed by atoms with Gasteiger partial charge in [-0.3, -0.25) is 4.79 Å². The number of benzene rings is 3. The SMILES string of the molecule is C1CC1.COC(=O)C(C)Cc1ccc2c(c1)CC(c1ccc(-c3cc(OC)ccc3F)cc1)C(OC)O2. The molecule has 0 spiro atoms. The maximum atomic E-state index is 14.4. The fourth-order valence-corrected chi connectivity index (χ4v) is 4.46. The second-order valence-corrected chi connectivity index (χ2v) is 9.63. The Morgan fingerprint density at radius 1 is 1.00 bits per heavy atom. The summed E-state index contributed by atoms with van der Waals surface area (Å²) in [4.78, 5) is 11.8. The van der Waals surface area contributed by atoms with Crippen LogP contribution in [-0.2, 0) is 27.1 Å². The summed E-state index contributed by atoms with van der Waals surface area (Å²) in [5, 5.41) is 0. The minimum absolute atomic E-state index is 0.0324. The van der Waals surface area contributed by atoms with Gasteiger partial charge in [0.1, 0.15) is 17.3 Å². The van der Waals surface area contributed by atoms with Crippen molar-refractivity contribution in [1.29, 1.82) is 0 Å². The van der Waals surface area contributed by atoms with Crippen molar-refractivity contribution < 1.29 is 28.1 Å². The Morgan fingerprint density at radius 2 is 1.73 bits per heavy atom. The van der Waals surface area contributed by atoms with Crippen LogP contribution in [0.15, 0.2) is 60.7 Å². The van der Waals surface area contributed by atoms with Gasteiger partial charge in [-0.05, 0) is 59.4 Å². The van der Waals surface area contributed by atoms with Crippen molar-refractivity contribution in [3.05, 3.63) is 83.2 Å². The Labute approximate surface area is 218 Å². The van der Waals surface area contributed by atoms with E-state index in [2.05, 4.69) is 6.07 Å². The van der Waals surface area contributed by atoms with E-state index in [4.69, 9.17) is 18.9 Å². The lowest BCUT2D eigenvalue weighted by atomic mass is 9.87. The van der Waals surface area contributed by atoms with Gasteiger partial charge in [0.2, 0.25) is 6.29 Å². The molecule has 37 heavy (non-hydrogen) atoms. The van der Waals surface area contributed by atoms with Gasteiger partial charge < -0.3 is 18.9 Å². The molecule has 1 saturated carbocycles. The van der Waals surface area contributed by atoms with Crippen molar-refractivity contribution in [2.45, 2.75) is 51.2 Å². The monoisotopic (exact) mass is 506 g/mol. The number of fused-ring (bicyclic) bond motifs is 1. The predicted octanol–water partition coefficient (Wildman–Crippen LogP) is 6.71. The Hall–Kier alpha value is -3.38. The molecule has 0 aromatic heterocycles. The summed E-state index contributed by atoms with van der Waals surface area (Å²) in [6.45, 7) is 1.86. The third-order valence-corrected chi connectivity index (χ3v) is 6.69. The van der Waals surface area contributed by atoms with E-state index in [0.29, 0.717) is 17.7 Å². The van der Waals surface area contributed by atoms with Crippen molar-refractivity contribution in [3.8, 4) is 22.6 Å². The van der Waals surface area contributed by atoms with E-state index < -0.39 is 6.29 Å². The molecule has 0 bridgehead atoms. The van der Waals surface area contributed by atoms with Gasteiger partial charge in [0.25, 0.3) is 0 Å². The molecule has 2 aliphatic rings. The lowest BCUT2D eigenvalue weighted by Crippen LogP contribution is -2.33. The van der Waals surface area contributed by atoms with Crippen LogP contribution >= 0.6 is 0 Å². The van der Waals surface area contributed by atoms with E-state index >= 15 is 0 Å². The quantitative estimate of drug-likeness (QED) is 0.333. The van der Waals surface area contributed by atoms with Crippen LogP contribution in [0.4, 0.5) is 4.39 Å². The Balaban J connectivity index is 0.000000994. The highest BCUT2D eigenvalue weighted by Crippen LogP contribution is 2.38. The first kappa shape index (κ1) is 26.7.